The summed E-state index contributed by atoms with van der Waals surface area (Å²) in [5.41, 5.74) is 5.91. The fourth-order valence-corrected chi connectivity index (χ4v) is 1.80. The van der Waals surface area contributed by atoms with Gasteiger partial charge >= 0.3 is 7.32 Å². The molecule has 21 heavy (non-hydrogen) atoms. The largest absolute Gasteiger partial charge is 0.789 e. The van der Waals surface area contributed by atoms with Crippen LogP contribution in [0, 0.1) is 0 Å². The van der Waals surface area contributed by atoms with Crippen molar-refractivity contribution in [3.63, 3.8) is 0 Å². The van der Waals surface area contributed by atoms with Crippen LogP contribution in [0.25, 0.3) is 0 Å². The maximum absolute atomic E-state index is 5.91. The van der Waals surface area contributed by atoms with Crippen LogP contribution in [0.2, 0.25) is 0 Å². The second-order valence-electron chi connectivity index (χ2n) is 4.61. The summed E-state index contributed by atoms with van der Waals surface area (Å²) in [6.07, 6.45) is 1.25. The highest BCUT2D eigenvalue weighted by atomic mass is 16.7. The molecule has 0 saturated heterocycles. The average molecular weight is 285 g/mol. The molecule has 0 fully saturated rings. The van der Waals surface area contributed by atoms with E-state index in [4.69, 9.17) is 19.7 Å². The summed E-state index contributed by atoms with van der Waals surface area (Å²) in [5.74, 6) is 1.34. The Kier molecular flexibility index (Phi) is 6.12. The molecule has 0 aliphatic carbocycles. The molecule has 110 valence electrons. The lowest BCUT2D eigenvalue weighted by molar-refractivity contribution is 0.126. The van der Waals surface area contributed by atoms with Crippen molar-refractivity contribution in [1.82, 2.24) is 0 Å². The second kappa shape index (κ2) is 8.34. The lowest BCUT2D eigenvalue weighted by Gasteiger charge is -2.19. The van der Waals surface area contributed by atoms with Crippen LogP contribution in [0.15, 0.2) is 60.7 Å². The predicted octanol–water partition coefficient (Wildman–Crippen LogP) is 3.23. The van der Waals surface area contributed by atoms with Gasteiger partial charge in [0.1, 0.15) is 11.5 Å². The van der Waals surface area contributed by atoms with Crippen LogP contribution in [-0.2, 0) is 4.65 Å². The fourth-order valence-electron chi connectivity index (χ4n) is 1.80. The van der Waals surface area contributed by atoms with Gasteiger partial charge in [-0.25, -0.2) is 0 Å². The summed E-state index contributed by atoms with van der Waals surface area (Å²) in [6.45, 7) is 2.05. The van der Waals surface area contributed by atoms with Gasteiger partial charge in [0.25, 0.3) is 0 Å². The maximum atomic E-state index is 5.91. The highest BCUT2D eigenvalue weighted by Gasteiger charge is 2.29. The Bertz CT molecular complexity index is 468. The first-order valence-corrected chi connectivity index (χ1v) is 7.12. The molecule has 0 spiro atoms. The van der Waals surface area contributed by atoms with E-state index in [0.717, 1.165) is 12.8 Å². The van der Waals surface area contributed by atoms with Gasteiger partial charge in [-0.3, -0.25) is 0 Å². The lowest BCUT2D eigenvalue weighted by atomic mass is 10.2. The minimum absolute atomic E-state index is 0.424. The third-order valence-corrected chi connectivity index (χ3v) is 2.81. The third-order valence-electron chi connectivity index (χ3n) is 2.81. The zero-order valence-corrected chi connectivity index (χ0v) is 12.1. The molecular formula is C16H20BNO3. The highest BCUT2D eigenvalue weighted by molar-refractivity contribution is 6.38. The van der Waals surface area contributed by atoms with E-state index in [1.54, 1.807) is 0 Å². The summed E-state index contributed by atoms with van der Waals surface area (Å²) >= 11 is 0. The quantitative estimate of drug-likeness (QED) is 0.597. The van der Waals surface area contributed by atoms with Crippen molar-refractivity contribution in [2.45, 2.75) is 26.0 Å². The van der Waals surface area contributed by atoms with Crippen LogP contribution in [0.3, 0.4) is 0 Å². The van der Waals surface area contributed by atoms with E-state index in [1.165, 1.54) is 0 Å². The zero-order valence-electron chi connectivity index (χ0n) is 12.1. The van der Waals surface area contributed by atoms with Crippen molar-refractivity contribution in [2.75, 3.05) is 0 Å². The minimum Gasteiger partial charge on any atom is -0.501 e. The van der Waals surface area contributed by atoms with Crippen LogP contribution in [0.5, 0.6) is 11.5 Å². The molecular weight excluding hydrogens is 265 g/mol. The summed E-state index contributed by atoms with van der Waals surface area (Å²) in [4.78, 5) is 0. The number of nitrogens with two attached hydrogens (primary N) is 1. The Hall–Kier alpha value is -1.98. The van der Waals surface area contributed by atoms with Crippen molar-refractivity contribution in [2.24, 2.45) is 5.73 Å². The van der Waals surface area contributed by atoms with Gasteiger partial charge in [-0.2, -0.15) is 0 Å². The van der Waals surface area contributed by atoms with E-state index in [9.17, 15) is 0 Å². The van der Waals surface area contributed by atoms with Gasteiger partial charge in [0.05, 0.1) is 6.23 Å². The van der Waals surface area contributed by atoms with Crippen molar-refractivity contribution >= 4 is 7.32 Å². The summed E-state index contributed by atoms with van der Waals surface area (Å²) in [6, 6.07) is 18.8. The number of rotatable bonds is 8. The van der Waals surface area contributed by atoms with Crippen LogP contribution in [0.4, 0.5) is 0 Å². The van der Waals surface area contributed by atoms with Crippen LogP contribution >= 0.6 is 0 Å². The monoisotopic (exact) mass is 285 g/mol. The van der Waals surface area contributed by atoms with E-state index < -0.39 is 13.5 Å². The average Bonchev–Trinajstić information content (AvgIpc) is 2.49. The SMILES string of the molecule is CCCC(N)OB(Oc1ccccc1)Oc1ccccc1. The minimum atomic E-state index is -0.878. The fraction of sp³-hybridized carbons (Fsp3) is 0.250. The first kappa shape index (κ1) is 15.4. The van der Waals surface area contributed by atoms with Crippen molar-refractivity contribution < 1.29 is 14.0 Å². The first-order valence-electron chi connectivity index (χ1n) is 7.12. The number of benzene rings is 2. The van der Waals surface area contributed by atoms with E-state index in [0.29, 0.717) is 11.5 Å². The molecule has 4 nitrogen and oxygen atoms in total. The summed E-state index contributed by atoms with van der Waals surface area (Å²) in [7, 11) is -0.878. The molecule has 2 aromatic carbocycles. The van der Waals surface area contributed by atoms with Gasteiger partial charge in [0.15, 0.2) is 0 Å². The molecule has 1 unspecified atom stereocenters. The topological polar surface area (TPSA) is 53.7 Å². The smallest absolute Gasteiger partial charge is 0.501 e. The normalized spacial score (nSPS) is 11.7. The number of hydrogen-bond donors (Lipinski definition) is 1. The molecule has 0 aliphatic rings. The molecule has 2 rings (SSSR count). The highest BCUT2D eigenvalue weighted by Crippen LogP contribution is 2.15. The Morgan fingerprint density at radius 2 is 1.38 bits per heavy atom. The molecule has 1 atom stereocenters. The van der Waals surface area contributed by atoms with Gasteiger partial charge in [0, 0.05) is 0 Å². The van der Waals surface area contributed by atoms with E-state index >= 15 is 0 Å². The van der Waals surface area contributed by atoms with Gasteiger partial charge < -0.3 is 19.7 Å². The predicted molar refractivity (Wildman–Crippen MR) is 83.9 cm³/mol. The Labute approximate surface area is 126 Å². The first-order chi connectivity index (χ1) is 10.3. The van der Waals surface area contributed by atoms with Crippen LogP contribution < -0.4 is 15.0 Å². The standard InChI is InChI=1S/C16H20BNO3/c1-2-9-16(18)21-17(19-14-10-5-3-6-11-14)20-15-12-7-4-8-13-15/h3-8,10-13,16H,2,9,18H2,1H3. The Balaban J connectivity index is 2.02. The molecule has 0 bridgehead atoms. The van der Waals surface area contributed by atoms with Crippen molar-refractivity contribution in [3.05, 3.63) is 60.7 Å². The van der Waals surface area contributed by atoms with Gasteiger partial charge in [-0.15, -0.1) is 0 Å². The number of hydrogen-bond acceptors (Lipinski definition) is 4. The molecule has 0 saturated carbocycles. The lowest BCUT2D eigenvalue weighted by Crippen LogP contribution is -2.41. The molecule has 5 heteroatoms. The maximum Gasteiger partial charge on any atom is 0.789 e. The van der Waals surface area contributed by atoms with Gasteiger partial charge in [-0.05, 0) is 30.7 Å². The molecule has 2 N–H and O–H groups in total. The second-order valence-corrected chi connectivity index (χ2v) is 4.61. The molecule has 0 aliphatic heterocycles. The van der Waals surface area contributed by atoms with E-state index in [-0.39, 0.29) is 0 Å². The number of para-hydroxylation sites is 2. The molecule has 0 aromatic heterocycles. The molecule has 0 amide bonds. The Morgan fingerprint density at radius 1 is 0.905 bits per heavy atom. The van der Waals surface area contributed by atoms with Gasteiger partial charge in [-0.1, -0.05) is 49.7 Å². The Morgan fingerprint density at radius 3 is 1.81 bits per heavy atom. The summed E-state index contributed by atoms with van der Waals surface area (Å²) in [5, 5.41) is 0. The van der Waals surface area contributed by atoms with E-state index in [2.05, 4.69) is 0 Å². The molecule has 0 heterocycles. The molecule has 2 aromatic rings. The molecule has 0 radical (unpaired) electrons. The third kappa shape index (κ3) is 5.49. The van der Waals surface area contributed by atoms with E-state index in [1.807, 2.05) is 67.6 Å². The van der Waals surface area contributed by atoms with Crippen molar-refractivity contribution in [1.29, 1.82) is 0 Å². The van der Waals surface area contributed by atoms with Crippen LogP contribution in [-0.4, -0.2) is 13.5 Å². The zero-order chi connectivity index (χ0) is 14.9. The van der Waals surface area contributed by atoms with Gasteiger partial charge in [0.2, 0.25) is 0 Å². The summed E-state index contributed by atoms with van der Waals surface area (Å²) < 4.78 is 17.1. The van der Waals surface area contributed by atoms with Crippen molar-refractivity contribution in [3.8, 4) is 11.5 Å². The van der Waals surface area contributed by atoms with Crippen LogP contribution in [0.1, 0.15) is 19.8 Å².